The fourth-order valence-electron chi connectivity index (χ4n) is 3.28. The third-order valence-corrected chi connectivity index (χ3v) is 7.16. The van der Waals surface area contributed by atoms with Crippen molar-refractivity contribution in [2.24, 2.45) is 0 Å². The van der Waals surface area contributed by atoms with Crippen LogP contribution >= 0.6 is 23.1 Å². The molecule has 2 aromatic carbocycles. The number of rotatable bonds is 9. The molecule has 6 heteroatoms. The van der Waals surface area contributed by atoms with Crippen molar-refractivity contribution in [3.8, 4) is 5.75 Å². The molecule has 1 unspecified atom stereocenters. The summed E-state index contributed by atoms with van der Waals surface area (Å²) >= 11 is 3.73. The van der Waals surface area contributed by atoms with Gasteiger partial charge in [0.05, 0.1) is 18.6 Å². The van der Waals surface area contributed by atoms with E-state index in [4.69, 9.17) is 9.15 Å². The summed E-state index contributed by atoms with van der Waals surface area (Å²) in [6.45, 7) is -0.138. The SMILES string of the molecule is COC(=O)COc1cccc2c(CCSC(c3ccccc3)c3cccs3)coc12. The van der Waals surface area contributed by atoms with E-state index >= 15 is 0 Å². The van der Waals surface area contributed by atoms with Gasteiger partial charge in [0.2, 0.25) is 0 Å². The molecule has 0 aliphatic rings. The molecule has 0 amide bonds. The standard InChI is InChI=1S/C24H22O4S2/c1-26-22(25)16-27-20-10-5-9-19-18(15-28-23(19)20)12-14-30-24(21-11-6-13-29-21)17-7-3-2-4-8-17/h2-11,13,15,24H,12,14,16H2,1H3. The number of furan rings is 1. The van der Waals surface area contributed by atoms with Crippen molar-refractivity contribution in [2.75, 3.05) is 19.5 Å². The van der Waals surface area contributed by atoms with Crippen LogP contribution in [0.15, 0.2) is 76.7 Å². The first-order chi connectivity index (χ1) is 14.8. The number of hydrogen-bond donors (Lipinski definition) is 0. The molecule has 2 aromatic heterocycles. The van der Waals surface area contributed by atoms with Gasteiger partial charge >= 0.3 is 5.97 Å². The van der Waals surface area contributed by atoms with Crippen molar-refractivity contribution >= 4 is 40.0 Å². The van der Waals surface area contributed by atoms with Crippen LogP contribution in [-0.2, 0) is 16.0 Å². The zero-order valence-electron chi connectivity index (χ0n) is 16.6. The van der Waals surface area contributed by atoms with E-state index in [9.17, 15) is 4.79 Å². The number of esters is 1. The minimum absolute atomic E-state index is 0.138. The quantitative estimate of drug-likeness (QED) is 0.295. The van der Waals surface area contributed by atoms with Crippen LogP contribution in [0.4, 0.5) is 0 Å². The van der Waals surface area contributed by atoms with Crippen molar-refractivity contribution < 1.29 is 18.7 Å². The molecule has 2 heterocycles. The fraction of sp³-hybridized carbons (Fsp3) is 0.208. The number of fused-ring (bicyclic) bond motifs is 1. The summed E-state index contributed by atoms with van der Waals surface area (Å²) in [4.78, 5) is 12.7. The monoisotopic (exact) mass is 438 g/mol. The summed E-state index contributed by atoms with van der Waals surface area (Å²) in [7, 11) is 1.34. The number of para-hydroxylation sites is 1. The molecule has 30 heavy (non-hydrogen) atoms. The van der Waals surface area contributed by atoms with Crippen molar-refractivity contribution in [2.45, 2.75) is 11.7 Å². The summed E-state index contributed by atoms with van der Waals surface area (Å²) in [5, 5.41) is 3.47. The maximum Gasteiger partial charge on any atom is 0.343 e. The Labute approximate surface area is 183 Å². The van der Waals surface area contributed by atoms with Gasteiger partial charge in [-0.15, -0.1) is 23.1 Å². The first kappa shape index (κ1) is 20.6. The number of hydrogen-bond acceptors (Lipinski definition) is 6. The van der Waals surface area contributed by atoms with Crippen LogP contribution in [0.1, 0.15) is 21.3 Å². The van der Waals surface area contributed by atoms with Gasteiger partial charge in [0.25, 0.3) is 0 Å². The molecule has 4 rings (SSSR count). The van der Waals surface area contributed by atoms with E-state index < -0.39 is 5.97 Å². The second-order valence-electron chi connectivity index (χ2n) is 6.69. The summed E-state index contributed by atoms with van der Waals surface area (Å²) in [5.74, 6) is 1.09. The number of thioether (sulfide) groups is 1. The van der Waals surface area contributed by atoms with E-state index in [1.807, 2.05) is 23.9 Å². The van der Waals surface area contributed by atoms with Crippen LogP contribution in [0.5, 0.6) is 5.75 Å². The maximum atomic E-state index is 11.4. The Morgan fingerprint density at radius 1 is 1.10 bits per heavy atom. The number of ether oxygens (including phenoxy) is 2. The highest BCUT2D eigenvalue weighted by molar-refractivity contribution is 7.99. The lowest BCUT2D eigenvalue weighted by atomic mass is 10.1. The molecule has 0 bridgehead atoms. The number of aryl methyl sites for hydroxylation is 1. The third-order valence-electron chi connectivity index (χ3n) is 4.78. The van der Waals surface area contributed by atoms with Crippen molar-refractivity contribution in [3.05, 3.63) is 88.3 Å². The van der Waals surface area contributed by atoms with Gasteiger partial charge in [0.1, 0.15) is 0 Å². The Bertz CT molecular complexity index is 1090. The Balaban J connectivity index is 1.46. The lowest BCUT2D eigenvalue weighted by Crippen LogP contribution is -2.12. The van der Waals surface area contributed by atoms with E-state index in [2.05, 4.69) is 52.6 Å². The molecular weight excluding hydrogens is 416 g/mol. The number of thiophene rings is 1. The molecule has 0 N–H and O–H groups in total. The molecular formula is C24H22O4S2. The average molecular weight is 439 g/mol. The van der Waals surface area contributed by atoms with E-state index in [-0.39, 0.29) is 6.61 Å². The maximum absolute atomic E-state index is 11.4. The van der Waals surface area contributed by atoms with Crippen LogP contribution in [0, 0.1) is 0 Å². The summed E-state index contributed by atoms with van der Waals surface area (Å²) in [6.07, 6.45) is 2.67. The fourth-order valence-corrected chi connectivity index (χ4v) is 5.55. The summed E-state index contributed by atoms with van der Waals surface area (Å²) < 4.78 is 16.0. The second kappa shape index (κ2) is 9.87. The van der Waals surface area contributed by atoms with Gasteiger partial charge in [-0.3, -0.25) is 0 Å². The molecule has 154 valence electrons. The van der Waals surface area contributed by atoms with E-state index in [0.29, 0.717) is 16.6 Å². The zero-order valence-corrected chi connectivity index (χ0v) is 18.2. The second-order valence-corrected chi connectivity index (χ2v) is 8.88. The van der Waals surface area contributed by atoms with Crippen LogP contribution in [0.3, 0.4) is 0 Å². The molecule has 0 aliphatic carbocycles. The number of carbonyl (C=O) groups is 1. The molecule has 0 saturated carbocycles. The van der Waals surface area contributed by atoms with Gasteiger partial charge in [0, 0.05) is 10.3 Å². The van der Waals surface area contributed by atoms with Crippen molar-refractivity contribution in [3.63, 3.8) is 0 Å². The molecule has 1 atom stereocenters. The Hall–Kier alpha value is -2.70. The zero-order chi connectivity index (χ0) is 20.8. The van der Waals surface area contributed by atoms with Gasteiger partial charge < -0.3 is 13.9 Å². The van der Waals surface area contributed by atoms with Gasteiger partial charge in [-0.2, -0.15) is 0 Å². The predicted molar refractivity (Wildman–Crippen MR) is 122 cm³/mol. The lowest BCUT2D eigenvalue weighted by molar-refractivity contribution is -0.142. The summed E-state index contributed by atoms with van der Waals surface area (Å²) in [6, 6.07) is 20.7. The lowest BCUT2D eigenvalue weighted by Gasteiger charge is -2.15. The van der Waals surface area contributed by atoms with E-state index in [1.54, 1.807) is 23.7 Å². The average Bonchev–Trinajstić information content (AvgIpc) is 3.46. The van der Waals surface area contributed by atoms with Gasteiger partial charge in [-0.25, -0.2) is 4.79 Å². The summed E-state index contributed by atoms with van der Waals surface area (Å²) in [5.41, 5.74) is 3.12. The van der Waals surface area contributed by atoms with Gasteiger partial charge in [-0.05, 0) is 40.8 Å². The topological polar surface area (TPSA) is 48.7 Å². The van der Waals surface area contributed by atoms with Crippen LogP contribution < -0.4 is 4.74 Å². The Kier molecular flexibility index (Phi) is 6.77. The molecule has 0 aliphatic heterocycles. The number of methoxy groups -OCH3 is 1. The third kappa shape index (κ3) is 4.71. The van der Waals surface area contributed by atoms with Crippen molar-refractivity contribution in [1.82, 2.24) is 0 Å². The predicted octanol–water partition coefficient (Wildman–Crippen LogP) is 6.11. The highest BCUT2D eigenvalue weighted by Gasteiger charge is 2.17. The Morgan fingerprint density at radius 2 is 1.97 bits per heavy atom. The largest absolute Gasteiger partial charge is 0.478 e. The normalized spacial score (nSPS) is 12.0. The highest BCUT2D eigenvalue weighted by atomic mass is 32.2. The first-order valence-electron chi connectivity index (χ1n) is 9.65. The van der Waals surface area contributed by atoms with Gasteiger partial charge in [0.15, 0.2) is 17.9 Å². The number of benzene rings is 2. The minimum Gasteiger partial charge on any atom is -0.478 e. The van der Waals surface area contributed by atoms with Crippen molar-refractivity contribution in [1.29, 1.82) is 0 Å². The Morgan fingerprint density at radius 3 is 2.73 bits per heavy atom. The molecule has 0 radical (unpaired) electrons. The highest BCUT2D eigenvalue weighted by Crippen LogP contribution is 2.39. The first-order valence-corrected chi connectivity index (χ1v) is 11.6. The molecule has 4 nitrogen and oxygen atoms in total. The number of carbonyl (C=O) groups excluding carboxylic acids is 1. The van der Waals surface area contributed by atoms with Crippen LogP contribution in [-0.4, -0.2) is 25.4 Å². The van der Waals surface area contributed by atoms with Crippen LogP contribution in [0.2, 0.25) is 0 Å². The van der Waals surface area contributed by atoms with E-state index in [1.165, 1.54) is 17.6 Å². The molecule has 0 fully saturated rings. The molecule has 4 aromatic rings. The molecule has 0 saturated heterocycles. The minimum atomic E-state index is -0.421. The smallest absolute Gasteiger partial charge is 0.343 e. The van der Waals surface area contributed by atoms with Gasteiger partial charge in [-0.1, -0.05) is 48.5 Å². The van der Waals surface area contributed by atoms with E-state index in [0.717, 1.165) is 23.1 Å². The molecule has 0 spiro atoms. The van der Waals surface area contributed by atoms with Crippen LogP contribution in [0.25, 0.3) is 11.0 Å².